The lowest BCUT2D eigenvalue weighted by molar-refractivity contribution is -0.134. The Labute approximate surface area is 142 Å². The Bertz CT molecular complexity index is 568. The van der Waals surface area contributed by atoms with E-state index in [1.54, 1.807) is 24.1 Å². The summed E-state index contributed by atoms with van der Waals surface area (Å²) in [5, 5.41) is 10.3. The largest absolute Gasteiger partial charge is 0.390 e. The van der Waals surface area contributed by atoms with Crippen LogP contribution in [0.25, 0.3) is 0 Å². The summed E-state index contributed by atoms with van der Waals surface area (Å²) in [6.07, 6.45) is 0.976. The van der Waals surface area contributed by atoms with Gasteiger partial charge < -0.3 is 14.7 Å². The van der Waals surface area contributed by atoms with Crippen molar-refractivity contribution in [2.75, 3.05) is 46.4 Å². The highest BCUT2D eigenvalue weighted by atomic mass is 19.1. The fourth-order valence-electron chi connectivity index (χ4n) is 3.42. The summed E-state index contributed by atoms with van der Waals surface area (Å²) in [5.41, 5.74) is 0.338. The highest BCUT2D eigenvalue weighted by Crippen LogP contribution is 2.49. The second-order valence-corrected chi connectivity index (χ2v) is 6.84. The predicted octanol–water partition coefficient (Wildman–Crippen LogP) is 1.01. The van der Waals surface area contributed by atoms with Crippen LogP contribution < -0.4 is 0 Å². The lowest BCUT2D eigenvalue weighted by Crippen LogP contribution is -2.46. The van der Waals surface area contributed by atoms with Crippen LogP contribution in [0.3, 0.4) is 0 Å². The maximum Gasteiger partial charge on any atom is 0.233 e. The molecule has 24 heavy (non-hydrogen) atoms. The van der Waals surface area contributed by atoms with Gasteiger partial charge in [0.2, 0.25) is 5.91 Å². The molecule has 132 valence electrons. The molecule has 1 atom stereocenters. The average molecular weight is 336 g/mol. The summed E-state index contributed by atoms with van der Waals surface area (Å²) in [6.45, 7) is 3.86. The number of likely N-dealkylation sites (N-methyl/N-ethyl adjacent to an activating group) is 1. The molecule has 1 aromatic rings. The molecular weight excluding hydrogens is 311 g/mol. The molecule has 6 heteroatoms. The van der Waals surface area contributed by atoms with E-state index in [1.165, 1.54) is 12.1 Å². The molecule has 0 aromatic heterocycles. The van der Waals surface area contributed by atoms with Gasteiger partial charge in [-0.3, -0.25) is 9.69 Å². The third-order valence-electron chi connectivity index (χ3n) is 4.96. The molecule has 1 aromatic carbocycles. The number of aliphatic hydroxyl groups is 1. The van der Waals surface area contributed by atoms with Gasteiger partial charge >= 0.3 is 0 Å². The van der Waals surface area contributed by atoms with Crippen LogP contribution in [0, 0.1) is 5.82 Å². The van der Waals surface area contributed by atoms with E-state index in [4.69, 9.17) is 4.74 Å². The van der Waals surface area contributed by atoms with Gasteiger partial charge in [0.25, 0.3) is 0 Å². The number of ether oxygens (including phenoxy) is 1. The minimum Gasteiger partial charge on any atom is -0.390 e. The summed E-state index contributed by atoms with van der Waals surface area (Å²) in [5.74, 6) is -0.286. The number of amides is 1. The van der Waals surface area contributed by atoms with Gasteiger partial charge in [0.15, 0.2) is 0 Å². The first-order valence-electron chi connectivity index (χ1n) is 8.51. The second kappa shape index (κ2) is 7.17. The number of benzene rings is 1. The first kappa shape index (κ1) is 17.3. The van der Waals surface area contributed by atoms with Crippen molar-refractivity contribution in [1.29, 1.82) is 0 Å². The van der Waals surface area contributed by atoms with Crippen molar-refractivity contribution in [2.24, 2.45) is 0 Å². The predicted molar refractivity (Wildman–Crippen MR) is 88.2 cm³/mol. The first-order chi connectivity index (χ1) is 11.5. The molecule has 2 fully saturated rings. The van der Waals surface area contributed by atoms with Crippen LogP contribution >= 0.6 is 0 Å². The number of hydrogen-bond acceptors (Lipinski definition) is 4. The van der Waals surface area contributed by atoms with E-state index in [9.17, 15) is 14.3 Å². The highest BCUT2D eigenvalue weighted by molar-refractivity contribution is 5.91. The number of hydrogen-bond donors (Lipinski definition) is 1. The molecule has 3 rings (SSSR count). The summed E-state index contributed by atoms with van der Waals surface area (Å²) in [7, 11) is 1.73. The molecule has 1 N–H and O–H groups in total. The van der Waals surface area contributed by atoms with Crippen molar-refractivity contribution in [2.45, 2.75) is 24.4 Å². The third kappa shape index (κ3) is 3.77. The topological polar surface area (TPSA) is 53.0 Å². The van der Waals surface area contributed by atoms with Crippen LogP contribution in [-0.4, -0.2) is 73.4 Å². The van der Waals surface area contributed by atoms with E-state index in [2.05, 4.69) is 4.90 Å². The van der Waals surface area contributed by atoms with Crippen LogP contribution in [-0.2, 0) is 14.9 Å². The number of nitrogens with zero attached hydrogens (tertiary/aromatic N) is 2. The van der Waals surface area contributed by atoms with Crippen LogP contribution in [0.2, 0.25) is 0 Å². The van der Waals surface area contributed by atoms with E-state index in [0.717, 1.165) is 31.5 Å². The third-order valence-corrected chi connectivity index (χ3v) is 4.96. The Morgan fingerprint density at radius 2 is 1.96 bits per heavy atom. The molecule has 1 amide bonds. The zero-order valence-electron chi connectivity index (χ0n) is 14.1. The van der Waals surface area contributed by atoms with E-state index >= 15 is 0 Å². The number of aliphatic hydroxyl groups excluding tert-OH is 1. The van der Waals surface area contributed by atoms with Crippen molar-refractivity contribution in [3.05, 3.63) is 35.6 Å². The van der Waals surface area contributed by atoms with Gasteiger partial charge in [0.05, 0.1) is 24.7 Å². The fraction of sp³-hybridized carbons (Fsp3) is 0.611. The molecule has 1 unspecified atom stereocenters. The monoisotopic (exact) mass is 336 g/mol. The molecule has 1 aliphatic heterocycles. The Morgan fingerprint density at radius 1 is 1.33 bits per heavy atom. The molecule has 2 aliphatic rings. The van der Waals surface area contributed by atoms with Crippen molar-refractivity contribution >= 4 is 5.91 Å². The highest BCUT2D eigenvalue weighted by Gasteiger charge is 2.52. The smallest absolute Gasteiger partial charge is 0.233 e. The molecular formula is C18H25FN2O3. The van der Waals surface area contributed by atoms with Crippen molar-refractivity contribution in [3.63, 3.8) is 0 Å². The van der Waals surface area contributed by atoms with E-state index < -0.39 is 11.5 Å². The number of carbonyl (C=O) groups is 1. The minimum atomic E-state index is -0.582. The summed E-state index contributed by atoms with van der Waals surface area (Å²) in [6, 6.07) is 6.18. The molecule has 0 spiro atoms. The van der Waals surface area contributed by atoms with E-state index in [-0.39, 0.29) is 11.7 Å². The second-order valence-electron chi connectivity index (χ2n) is 6.84. The molecule has 0 radical (unpaired) electrons. The molecule has 1 saturated carbocycles. The van der Waals surface area contributed by atoms with Crippen LogP contribution in [0.15, 0.2) is 24.3 Å². The van der Waals surface area contributed by atoms with Gasteiger partial charge in [-0.05, 0) is 30.5 Å². The van der Waals surface area contributed by atoms with Gasteiger partial charge in [-0.25, -0.2) is 4.39 Å². The maximum atomic E-state index is 13.1. The van der Waals surface area contributed by atoms with Crippen molar-refractivity contribution in [3.8, 4) is 0 Å². The molecule has 1 heterocycles. The molecule has 0 bridgehead atoms. The average Bonchev–Trinajstić information content (AvgIpc) is 3.37. The van der Waals surface area contributed by atoms with Gasteiger partial charge in [-0.15, -0.1) is 0 Å². The molecule has 1 aliphatic carbocycles. The number of halogens is 1. The van der Waals surface area contributed by atoms with Gasteiger partial charge in [0, 0.05) is 33.2 Å². The number of rotatable bonds is 6. The van der Waals surface area contributed by atoms with E-state index in [0.29, 0.717) is 26.3 Å². The van der Waals surface area contributed by atoms with Crippen LogP contribution in [0.5, 0.6) is 0 Å². The molecule has 1 saturated heterocycles. The summed E-state index contributed by atoms with van der Waals surface area (Å²) < 4.78 is 18.4. The van der Waals surface area contributed by atoms with Crippen LogP contribution in [0.1, 0.15) is 18.4 Å². The van der Waals surface area contributed by atoms with Gasteiger partial charge in [-0.1, -0.05) is 12.1 Å². The Hall–Kier alpha value is -1.50. The Kier molecular flexibility index (Phi) is 5.18. The number of morpholine rings is 1. The Morgan fingerprint density at radius 3 is 2.54 bits per heavy atom. The number of carbonyl (C=O) groups excluding carboxylic acids is 1. The maximum absolute atomic E-state index is 13.1. The van der Waals surface area contributed by atoms with Crippen LogP contribution in [0.4, 0.5) is 4.39 Å². The minimum absolute atomic E-state index is 0.00938. The lowest BCUT2D eigenvalue weighted by Gasteiger charge is -2.31. The quantitative estimate of drug-likeness (QED) is 0.842. The summed E-state index contributed by atoms with van der Waals surface area (Å²) in [4.78, 5) is 16.6. The standard InChI is InChI=1S/C18H25FN2O3/c1-20(12-16(22)13-21-8-10-24-11-9-21)17(23)18(6-7-18)14-2-4-15(19)5-3-14/h2-5,16,22H,6-13H2,1H3. The van der Waals surface area contributed by atoms with Crippen molar-refractivity contribution < 1.29 is 19.0 Å². The SMILES string of the molecule is CN(CC(O)CN1CCOCC1)C(=O)C1(c2ccc(F)cc2)CC1. The molecule has 5 nitrogen and oxygen atoms in total. The number of β-amino-alcohol motifs (C(OH)–C–C–N with tert-alkyl or cyclic N) is 1. The van der Waals surface area contributed by atoms with E-state index in [1.807, 2.05) is 0 Å². The normalized spacial score (nSPS) is 21.3. The van der Waals surface area contributed by atoms with Crippen molar-refractivity contribution in [1.82, 2.24) is 9.80 Å². The zero-order chi connectivity index (χ0) is 17.2. The summed E-state index contributed by atoms with van der Waals surface area (Å²) >= 11 is 0. The fourth-order valence-corrected chi connectivity index (χ4v) is 3.42. The lowest BCUT2D eigenvalue weighted by atomic mass is 9.94. The zero-order valence-corrected chi connectivity index (χ0v) is 14.1. The van der Waals surface area contributed by atoms with Gasteiger partial charge in [-0.2, -0.15) is 0 Å². The van der Waals surface area contributed by atoms with Gasteiger partial charge in [0.1, 0.15) is 5.82 Å². The Balaban J connectivity index is 1.57. The first-order valence-corrected chi connectivity index (χ1v) is 8.51.